The van der Waals surface area contributed by atoms with E-state index in [0.717, 1.165) is 37.0 Å². The van der Waals surface area contributed by atoms with Crippen LogP contribution in [0.5, 0.6) is 0 Å². The second kappa shape index (κ2) is 7.78. The van der Waals surface area contributed by atoms with Gasteiger partial charge < -0.3 is 9.47 Å². The van der Waals surface area contributed by atoms with E-state index >= 15 is 0 Å². The minimum atomic E-state index is -0.0607. The average molecular weight is 376 g/mol. The third-order valence-electron chi connectivity index (χ3n) is 5.99. The molecule has 1 aliphatic rings. The quantitative estimate of drug-likeness (QED) is 0.647. The first-order valence-corrected chi connectivity index (χ1v) is 10.3. The van der Waals surface area contributed by atoms with Crippen LogP contribution in [-0.4, -0.2) is 33.4 Å². The van der Waals surface area contributed by atoms with Crippen LogP contribution in [0.4, 0.5) is 0 Å². The Morgan fingerprint density at radius 3 is 2.46 bits per heavy atom. The molecule has 1 fully saturated rings. The van der Waals surface area contributed by atoms with Crippen molar-refractivity contribution in [2.75, 3.05) is 13.1 Å². The number of amides is 1. The first-order valence-electron chi connectivity index (χ1n) is 10.3. The maximum atomic E-state index is 13.3. The van der Waals surface area contributed by atoms with Crippen molar-refractivity contribution in [3.63, 3.8) is 0 Å². The third-order valence-corrected chi connectivity index (χ3v) is 5.99. The molecule has 2 aromatic carbocycles. The molecule has 0 radical (unpaired) electrons. The molecule has 1 saturated heterocycles. The van der Waals surface area contributed by atoms with Gasteiger partial charge in [0.1, 0.15) is 0 Å². The van der Waals surface area contributed by atoms with Crippen LogP contribution >= 0.6 is 0 Å². The van der Waals surface area contributed by atoms with Crippen molar-refractivity contribution in [1.82, 2.24) is 14.5 Å². The van der Waals surface area contributed by atoms with Gasteiger partial charge in [0.15, 0.2) is 0 Å². The van der Waals surface area contributed by atoms with Crippen molar-refractivity contribution < 1.29 is 4.79 Å². The van der Waals surface area contributed by atoms with Gasteiger partial charge in [-0.25, -0.2) is 4.98 Å². The van der Waals surface area contributed by atoms with E-state index in [0.29, 0.717) is 6.04 Å². The number of carbonyl (C=O) groups is 1. The van der Waals surface area contributed by atoms with Crippen LogP contribution in [0.1, 0.15) is 49.8 Å². The summed E-state index contributed by atoms with van der Waals surface area (Å²) in [5.41, 5.74) is 4.63. The molecule has 0 N–H and O–H groups in total. The highest BCUT2D eigenvalue weighted by molar-refractivity contribution is 5.84. The van der Waals surface area contributed by atoms with Gasteiger partial charge in [0.2, 0.25) is 5.91 Å². The molecule has 4 heteroatoms. The van der Waals surface area contributed by atoms with Crippen molar-refractivity contribution in [1.29, 1.82) is 0 Å². The summed E-state index contributed by atoms with van der Waals surface area (Å²) >= 11 is 0. The number of hydrogen-bond acceptors (Lipinski definition) is 2. The van der Waals surface area contributed by atoms with Crippen molar-refractivity contribution >= 4 is 16.9 Å². The molecule has 0 bridgehead atoms. The van der Waals surface area contributed by atoms with Gasteiger partial charge in [0.05, 0.1) is 23.3 Å². The van der Waals surface area contributed by atoms with Crippen molar-refractivity contribution in [2.45, 2.75) is 45.6 Å². The molecule has 0 aliphatic carbocycles. The predicted octanol–water partition coefficient (Wildman–Crippen LogP) is 4.95. The highest BCUT2D eigenvalue weighted by Gasteiger charge is 2.31. The zero-order valence-corrected chi connectivity index (χ0v) is 17.0. The van der Waals surface area contributed by atoms with Gasteiger partial charge in [-0.1, -0.05) is 50.2 Å². The van der Waals surface area contributed by atoms with Gasteiger partial charge in [-0.3, -0.25) is 4.79 Å². The minimum Gasteiger partial charge on any atom is -0.342 e. The molecule has 1 amide bonds. The van der Waals surface area contributed by atoms with Crippen molar-refractivity contribution in [3.05, 3.63) is 66.0 Å². The molecule has 0 saturated carbocycles. The van der Waals surface area contributed by atoms with Gasteiger partial charge in [0.25, 0.3) is 0 Å². The fourth-order valence-electron chi connectivity index (χ4n) is 4.46. The topological polar surface area (TPSA) is 38.1 Å². The van der Waals surface area contributed by atoms with Gasteiger partial charge in [-0.15, -0.1) is 0 Å². The molecule has 4 rings (SSSR count). The minimum absolute atomic E-state index is 0.0607. The van der Waals surface area contributed by atoms with Crippen LogP contribution in [0, 0.1) is 12.8 Å². The molecular weight excluding hydrogens is 346 g/mol. The van der Waals surface area contributed by atoms with Crippen molar-refractivity contribution in [2.24, 2.45) is 5.92 Å². The van der Waals surface area contributed by atoms with Crippen LogP contribution in [-0.2, 0) is 4.79 Å². The summed E-state index contributed by atoms with van der Waals surface area (Å²) < 4.78 is 2.31. The lowest BCUT2D eigenvalue weighted by atomic mass is 9.86. The summed E-state index contributed by atoms with van der Waals surface area (Å²) in [5, 5.41) is 0. The van der Waals surface area contributed by atoms with Gasteiger partial charge in [-0.2, -0.15) is 0 Å². The van der Waals surface area contributed by atoms with E-state index in [-0.39, 0.29) is 17.7 Å². The van der Waals surface area contributed by atoms with Crippen LogP contribution in [0.3, 0.4) is 0 Å². The maximum Gasteiger partial charge on any atom is 0.230 e. The lowest BCUT2D eigenvalue weighted by Crippen LogP contribution is -2.42. The summed E-state index contributed by atoms with van der Waals surface area (Å²) in [6.45, 7) is 8.02. The SMILES string of the molecule is Cc1ccc2ncn(C3CCN(C(=O)C(c4ccccc4)C(C)C)CC3)c2c1. The zero-order chi connectivity index (χ0) is 19.7. The summed E-state index contributed by atoms with van der Waals surface area (Å²) in [5.74, 6) is 0.494. The predicted molar refractivity (Wildman–Crippen MR) is 113 cm³/mol. The van der Waals surface area contributed by atoms with E-state index in [1.54, 1.807) is 0 Å². The number of hydrogen-bond donors (Lipinski definition) is 0. The number of likely N-dealkylation sites (tertiary alicyclic amines) is 1. The Morgan fingerprint density at radius 1 is 1.07 bits per heavy atom. The zero-order valence-electron chi connectivity index (χ0n) is 17.0. The Bertz CT molecular complexity index is 952. The lowest BCUT2D eigenvalue weighted by Gasteiger charge is -2.36. The number of benzene rings is 2. The fraction of sp³-hybridized carbons (Fsp3) is 0.417. The normalized spacial score (nSPS) is 16.6. The van der Waals surface area contributed by atoms with Crippen molar-refractivity contribution in [3.8, 4) is 0 Å². The molecule has 2 heterocycles. The molecule has 1 atom stereocenters. The Kier molecular flexibility index (Phi) is 5.21. The number of aryl methyl sites for hydroxylation is 1. The summed E-state index contributed by atoms with van der Waals surface area (Å²) in [6, 6.07) is 17.0. The second-order valence-corrected chi connectivity index (χ2v) is 8.33. The Morgan fingerprint density at radius 2 is 1.79 bits per heavy atom. The standard InChI is InChI=1S/C24H29N3O/c1-17(2)23(19-7-5-4-6-8-19)24(28)26-13-11-20(12-14-26)27-16-25-21-10-9-18(3)15-22(21)27/h4-10,15-17,20,23H,11-14H2,1-3H3. The van der Waals surface area contributed by atoms with E-state index in [9.17, 15) is 4.79 Å². The molecule has 1 aliphatic heterocycles. The molecular formula is C24H29N3O. The Labute approximate surface area is 167 Å². The van der Waals surface area contributed by atoms with E-state index < -0.39 is 0 Å². The van der Waals surface area contributed by atoms with E-state index in [1.807, 2.05) is 24.5 Å². The first kappa shape index (κ1) is 18.7. The van der Waals surface area contributed by atoms with Crippen LogP contribution in [0.2, 0.25) is 0 Å². The Hall–Kier alpha value is -2.62. The molecule has 1 unspecified atom stereocenters. The first-order chi connectivity index (χ1) is 13.5. The Balaban J connectivity index is 1.48. The number of fused-ring (bicyclic) bond motifs is 1. The van der Waals surface area contributed by atoms with Gasteiger partial charge >= 0.3 is 0 Å². The average Bonchev–Trinajstić information content (AvgIpc) is 3.12. The summed E-state index contributed by atoms with van der Waals surface area (Å²) in [6.07, 6.45) is 3.92. The molecule has 1 aromatic heterocycles. The molecule has 146 valence electrons. The van der Waals surface area contributed by atoms with Gasteiger partial charge in [-0.05, 0) is 48.9 Å². The monoisotopic (exact) mass is 375 g/mol. The maximum absolute atomic E-state index is 13.3. The summed E-state index contributed by atoms with van der Waals surface area (Å²) in [7, 11) is 0. The molecule has 3 aromatic rings. The highest BCUT2D eigenvalue weighted by Crippen LogP contribution is 2.31. The van der Waals surface area contributed by atoms with E-state index in [2.05, 4.69) is 65.6 Å². The molecule has 4 nitrogen and oxygen atoms in total. The summed E-state index contributed by atoms with van der Waals surface area (Å²) in [4.78, 5) is 19.9. The number of imidazole rings is 1. The fourth-order valence-corrected chi connectivity index (χ4v) is 4.46. The molecule has 0 spiro atoms. The lowest BCUT2D eigenvalue weighted by molar-refractivity contribution is -0.135. The smallest absolute Gasteiger partial charge is 0.230 e. The number of piperidine rings is 1. The second-order valence-electron chi connectivity index (χ2n) is 8.33. The largest absolute Gasteiger partial charge is 0.342 e. The third kappa shape index (κ3) is 3.56. The number of rotatable bonds is 4. The van der Waals surface area contributed by atoms with Crippen LogP contribution < -0.4 is 0 Å². The van der Waals surface area contributed by atoms with Crippen LogP contribution in [0.15, 0.2) is 54.9 Å². The van der Waals surface area contributed by atoms with Gasteiger partial charge in [0, 0.05) is 19.1 Å². The van der Waals surface area contributed by atoms with Crippen LogP contribution in [0.25, 0.3) is 11.0 Å². The van der Waals surface area contributed by atoms with E-state index in [1.165, 1.54) is 11.1 Å². The number of carbonyl (C=O) groups excluding carboxylic acids is 1. The number of nitrogens with zero attached hydrogens (tertiary/aromatic N) is 3. The van der Waals surface area contributed by atoms with E-state index in [4.69, 9.17) is 0 Å². The molecule has 28 heavy (non-hydrogen) atoms. The number of aromatic nitrogens is 2. The highest BCUT2D eigenvalue weighted by atomic mass is 16.2.